The molecule has 0 atom stereocenters. The number of hydrogen-bond donors (Lipinski definition) is 1. The van der Waals surface area contributed by atoms with Crippen LogP contribution in [-0.4, -0.2) is 22.2 Å². The maximum Gasteiger partial charge on any atom is 0.283 e. The van der Waals surface area contributed by atoms with Gasteiger partial charge in [-0.1, -0.05) is 30.5 Å². The van der Waals surface area contributed by atoms with Crippen LogP contribution in [-0.2, 0) is 0 Å². The van der Waals surface area contributed by atoms with Crippen LogP contribution in [0.2, 0.25) is 5.02 Å². The molecule has 1 N–H and O–H groups in total. The van der Waals surface area contributed by atoms with Gasteiger partial charge in [0.25, 0.3) is 11.6 Å². The fraction of sp³-hybridized carbons (Fsp3) is 0.462. The van der Waals surface area contributed by atoms with Gasteiger partial charge in [-0.25, -0.2) is 0 Å². The Hall–Kier alpha value is -1.33. The summed E-state index contributed by atoms with van der Waals surface area (Å²) >= 11 is 11.9. The van der Waals surface area contributed by atoms with Gasteiger partial charge in [-0.2, -0.15) is 0 Å². The molecule has 7 heteroatoms. The van der Waals surface area contributed by atoms with Crippen LogP contribution in [0.15, 0.2) is 18.2 Å². The fourth-order valence-corrected chi connectivity index (χ4v) is 3.13. The van der Waals surface area contributed by atoms with Gasteiger partial charge in [-0.05, 0) is 18.9 Å². The normalized spacial score (nSPS) is 16.9. The van der Waals surface area contributed by atoms with E-state index in [1.807, 2.05) is 0 Å². The summed E-state index contributed by atoms with van der Waals surface area (Å²) in [5, 5.41) is 13.9. The summed E-state index contributed by atoms with van der Waals surface area (Å²) in [4.78, 5) is 22.7. The summed E-state index contributed by atoms with van der Waals surface area (Å²) in [6, 6.07) is 4.18. The lowest BCUT2D eigenvalue weighted by Crippen LogP contribution is -2.48. The first-order valence-corrected chi connectivity index (χ1v) is 7.22. The van der Waals surface area contributed by atoms with E-state index >= 15 is 0 Å². The number of benzene rings is 1. The third-order valence-electron chi connectivity index (χ3n) is 3.61. The Bertz CT molecular complexity index is 542. The minimum atomic E-state index is -0.608. The van der Waals surface area contributed by atoms with Crippen LogP contribution in [0, 0.1) is 10.1 Å². The molecular weight excluding hydrogens is 303 g/mol. The zero-order valence-corrected chi connectivity index (χ0v) is 12.2. The van der Waals surface area contributed by atoms with Crippen LogP contribution >= 0.6 is 23.2 Å². The smallest absolute Gasteiger partial charge is 0.283 e. The van der Waals surface area contributed by atoms with E-state index in [-0.39, 0.29) is 22.2 Å². The number of rotatable bonds is 4. The zero-order chi connectivity index (χ0) is 14.8. The molecule has 1 aliphatic rings. The Labute approximate surface area is 126 Å². The van der Waals surface area contributed by atoms with Crippen molar-refractivity contribution in [2.75, 3.05) is 5.88 Å². The molecule has 0 aliphatic heterocycles. The molecule has 1 aliphatic carbocycles. The van der Waals surface area contributed by atoms with Crippen LogP contribution in [0.3, 0.4) is 0 Å². The van der Waals surface area contributed by atoms with E-state index in [0.29, 0.717) is 0 Å². The lowest BCUT2D eigenvalue weighted by Gasteiger charge is -2.27. The lowest BCUT2D eigenvalue weighted by molar-refractivity contribution is -0.385. The maximum absolute atomic E-state index is 12.4. The number of carbonyl (C=O) groups excluding carboxylic acids is 1. The maximum atomic E-state index is 12.4. The van der Waals surface area contributed by atoms with E-state index < -0.39 is 16.4 Å². The monoisotopic (exact) mass is 316 g/mol. The number of nitrogens with zero attached hydrogens (tertiary/aromatic N) is 1. The number of nitro groups is 1. The summed E-state index contributed by atoms with van der Waals surface area (Å²) in [5.74, 6) is -0.248. The standard InChI is InChI=1S/C13H14Cl2N2O3/c14-8-13(6-1-2-7-13)16-12(18)11-9(15)4-3-5-10(11)17(19)20/h3-5H,1-2,6-8H2,(H,16,18). The summed E-state index contributed by atoms with van der Waals surface area (Å²) in [5.41, 5.74) is -0.876. The molecule has 0 spiro atoms. The van der Waals surface area contributed by atoms with Crippen LogP contribution in [0.4, 0.5) is 5.69 Å². The van der Waals surface area contributed by atoms with E-state index in [4.69, 9.17) is 23.2 Å². The molecule has 5 nitrogen and oxygen atoms in total. The zero-order valence-electron chi connectivity index (χ0n) is 10.7. The van der Waals surface area contributed by atoms with Crippen molar-refractivity contribution in [1.82, 2.24) is 5.32 Å². The van der Waals surface area contributed by atoms with Crippen molar-refractivity contribution in [3.63, 3.8) is 0 Å². The van der Waals surface area contributed by atoms with Gasteiger partial charge in [0, 0.05) is 11.9 Å². The Morgan fingerprint density at radius 3 is 2.60 bits per heavy atom. The number of nitrogens with one attached hydrogen (secondary N) is 1. The highest BCUT2D eigenvalue weighted by molar-refractivity contribution is 6.34. The fourth-order valence-electron chi connectivity index (χ4n) is 2.54. The van der Waals surface area contributed by atoms with Gasteiger partial charge < -0.3 is 5.32 Å². The minimum absolute atomic E-state index is 0.0689. The first-order valence-electron chi connectivity index (χ1n) is 6.30. The Morgan fingerprint density at radius 1 is 1.40 bits per heavy atom. The Balaban J connectivity index is 2.32. The van der Waals surface area contributed by atoms with E-state index in [1.54, 1.807) is 0 Å². The van der Waals surface area contributed by atoms with Crippen molar-refractivity contribution >= 4 is 34.8 Å². The van der Waals surface area contributed by atoms with E-state index in [9.17, 15) is 14.9 Å². The highest BCUT2D eigenvalue weighted by Crippen LogP contribution is 2.33. The summed E-state index contributed by atoms with van der Waals surface area (Å²) in [7, 11) is 0. The third-order valence-corrected chi connectivity index (χ3v) is 4.44. The number of carbonyl (C=O) groups is 1. The SMILES string of the molecule is O=C(NC1(CCl)CCCC1)c1c(Cl)cccc1[N+](=O)[O-]. The molecule has 0 unspecified atom stereocenters. The molecule has 108 valence electrons. The molecule has 1 aromatic carbocycles. The average Bonchev–Trinajstić information content (AvgIpc) is 2.87. The van der Waals surface area contributed by atoms with Gasteiger partial charge in [-0.3, -0.25) is 14.9 Å². The van der Waals surface area contributed by atoms with Crippen molar-refractivity contribution < 1.29 is 9.72 Å². The van der Waals surface area contributed by atoms with Crippen LogP contribution in [0.1, 0.15) is 36.0 Å². The number of halogens is 2. The second-order valence-corrected chi connectivity index (χ2v) is 5.64. The molecule has 0 aromatic heterocycles. The molecule has 0 heterocycles. The predicted octanol–water partition coefficient (Wildman–Crippen LogP) is 3.53. The van der Waals surface area contributed by atoms with Gasteiger partial charge in [0.2, 0.25) is 0 Å². The highest BCUT2D eigenvalue weighted by Gasteiger charge is 2.36. The van der Waals surface area contributed by atoms with Crippen molar-refractivity contribution in [2.24, 2.45) is 0 Å². The van der Waals surface area contributed by atoms with Gasteiger partial charge in [0.15, 0.2) is 0 Å². The summed E-state index contributed by atoms with van der Waals surface area (Å²) in [6.07, 6.45) is 3.52. The lowest BCUT2D eigenvalue weighted by atomic mass is 9.99. The Morgan fingerprint density at radius 2 is 2.05 bits per heavy atom. The largest absolute Gasteiger partial charge is 0.345 e. The number of nitro benzene ring substituents is 1. The number of hydrogen-bond acceptors (Lipinski definition) is 3. The molecule has 1 saturated carbocycles. The molecule has 0 saturated heterocycles. The van der Waals surface area contributed by atoms with Crippen molar-refractivity contribution in [2.45, 2.75) is 31.2 Å². The van der Waals surface area contributed by atoms with Gasteiger partial charge in [0.1, 0.15) is 5.56 Å². The quantitative estimate of drug-likeness (QED) is 0.524. The average molecular weight is 317 g/mol. The summed E-state index contributed by atoms with van der Waals surface area (Å²) in [6.45, 7) is 0. The van der Waals surface area contributed by atoms with E-state index in [0.717, 1.165) is 25.7 Å². The van der Waals surface area contributed by atoms with Gasteiger partial charge in [-0.15, -0.1) is 11.6 Å². The molecule has 0 bridgehead atoms. The van der Waals surface area contributed by atoms with Crippen molar-refractivity contribution in [1.29, 1.82) is 0 Å². The van der Waals surface area contributed by atoms with E-state index in [1.165, 1.54) is 18.2 Å². The second-order valence-electron chi connectivity index (χ2n) is 4.97. The number of alkyl halides is 1. The second kappa shape index (κ2) is 5.97. The predicted molar refractivity (Wildman–Crippen MR) is 77.5 cm³/mol. The van der Waals surface area contributed by atoms with Crippen molar-refractivity contribution in [3.8, 4) is 0 Å². The number of amides is 1. The van der Waals surface area contributed by atoms with E-state index in [2.05, 4.69) is 5.32 Å². The van der Waals surface area contributed by atoms with Gasteiger partial charge >= 0.3 is 0 Å². The highest BCUT2D eigenvalue weighted by atomic mass is 35.5. The Kier molecular flexibility index (Phi) is 4.50. The molecule has 1 amide bonds. The molecule has 20 heavy (non-hydrogen) atoms. The summed E-state index contributed by atoms with van der Waals surface area (Å²) < 4.78 is 0. The van der Waals surface area contributed by atoms with Crippen LogP contribution in [0.5, 0.6) is 0 Å². The van der Waals surface area contributed by atoms with Crippen LogP contribution < -0.4 is 5.32 Å². The molecule has 0 radical (unpaired) electrons. The third kappa shape index (κ3) is 2.88. The topological polar surface area (TPSA) is 72.2 Å². The van der Waals surface area contributed by atoms with Crippen molar-refractivity contribution in [3.05, 3.63) is 38.9 Å². The molecule has 1 aromatic rings. The van der Waals surface area contributed by atoms with Gasteiger partial charge in [0.05, 0.1) is 15.5 Å². The first kappa shape index (κ1) is 15.1. The van der Waals surface area contributed by atoms with Crippen LogP contribution in [0.25, 0.3) is 0 Å². The molecule has 2 rings (SSSR count). The molecule has 1 fully saturated rings. The minimum Gasteiger partial charge on any atom is -0.345 e. The first-order chi connectivity index (χ1) is 9.49. The molecular formula is C13H14Cl2N2O3.